The molecule has 84 valence electrons. The highest BCUT2D eigenvalue weighted by molar-refractivity contribution is 6.16. The van der Waals surface area contributed by atoms with Gasteiger partial charge in [0.1, 0.15) is 6.26 Å². The molecule has 1 aliphatic heterocycles. The normalized spacial score (nSPS) is 21.6. The minimum atomic E-state index is 0.420. The molecule has 0 saturated carbocycles. The first-order chi connectivity index (χ1) is 7.22. The lowest BCUT2D eigenvalue weighted by molar-refractivity contribution is 0.453. The predicted molar refractivity (Wildman–Crippen MR) is 61.3 cm³/mol. The largest absolute Gasteiger partial charge is 0.432 e. The number of halogens is 1. The molecule has 15 heavy (non-hydrogen) atoms. The van der Waals surface area contributed by atoms with Gasteiger partial charge in [0.15, 0.2) is 0 Å². The molecule has 1 atom stereocenters. The molecule has 0 amide bonds. The summed E-state index contributed by atoms with van der Waals surface area (Å²) in [4.78, 5) is 6.64. The lowest BCUT2D eigenvalue weighted by Gasteiger charge is -2.25. The van der Waals surface area contributed by atoms with E-state index in [-0.39, 0.29) is 0 Å². The standard InChI is InChI=1S/C11H17ClN2O/c1-8(2)10-4-3-5-14(10)11-13-9(6-12)7-15-11/h7-8,10H,3-6H2,1-2H3. The first kappa shape index (κ1) is 10.8. The molecule has 4 heteroatoms. The zero-order valence-corrected chi connectivity index (χ0v) is 10.00. The summed E-state index contributed by atoms with van der Waals surface area (Å²) in [6.45, 7) is 5.54. The van der Waals surface area contributed by atoms with E-state index in [1.165, 1.54) is 12.8 Å². The molecule has 2 heterocycles. The molecule has 0 bridgehead atoms. The smallest absolute Gasteiger partial charge is 0.297 e. The minimum Gasteiger partial charge on any atom is -0.432 e. The zero-order valence-electron chi connectivity index (χ0n) is 9.24. The molecule has 0 aromatic carbocycles. The van der Waals surface area contributed by atoms with Crippen LogP contribution in [0.2, 0.25) is 0 Å². The molecule has 1 aliphatic rings. The molecule has 2 rings (SSSR count). The van der Waals surface area contributed by atoms with E-state index in [4.69, 9.17) is 16.0 Å². The average molecular weight is 229 g/mol. The number of oxazole rings is 1. The molecule has 0 aliphatic carbocycles. The van der Waals surface area contributed by atoms with Crippen LogP contribution in [0.5, 0.6) is 0 Å². The molecular formula is C11H17ClN2O. The third-order valence-corrected chi connectivity index (χ3v) is 3.26. The van der Waals surface area contributed by atoms with Gasteiger partial charge in [0.05, 0.1) is 11.6 Å². The van der Waals surface area contributed by atoms with E-state index >= 15 is 0 Å². The molecule has 1 fully saturated rings. The second-order valence-corrected chi connectivity index (χ2v) is 4.67. The molecule has 1 aromatic heterocycles. The van der Waals surface area contributed by atoms with Gasteiger partial charge in [-0.3, -0.25) is 0 Å². The van der Waals surface area contributed by atoms with Crippen molar-refractivity contribution in [2.24, 2.45) is 5.92 Å². The van der Waals surface area contributed by atoms with E-state index in [9.17, 15) is 0 Å². The van der Waals surface area contributed by atoms with Crippen LogP contribution in [0, 0.1) is 5.92 Å². The van der Waals surface area contributed by atoms with Gasteiger partial charge in [-0.1, -0.05) is 13.8 Å². The molecule has 0 N–H and O–H groups in total. The Kier molecular flexibility index (Phi) is 3.19. The van der Waals surface area contributed by atoms with Crippen molar-refractivity contribution < 1.29 is 4.42 Å². The van der Waals surface area contributed by atoms with Crippen LogP contribution in [0.1, 0.15) is 32.4 Å². The van der Waals surface area contributed by atoms with Crippen molar-refractivity contribution in [1.82, 2.24) is 4.98 Å². The van der Waals surface area contributed by atoms with Crippen molar-refractivity contribution >= 4 is 17.6 Å². The number of aromatic nitrogens is 1. The van der Waals surface area contributed by atoms with Crippen LogP contribution in [0.3, 0.4) is 0 Å². The Labute approximate surface area is 95.4 Å². The summed E-state index contributed by atoms with van der Waals surface area (Å²) in [5, 5.41) is 0. The lowest BCUT2D eigenvalue weighted by atomic mass is 10.0. The molecular weight excluding hydrogens is 212 g/mol. The van der Waals surface area contributed by atoms with Gasteiger partial charge in [0.25, 0.3) is 6.01 Å². The van der Waals surface area contributed by atoms with E-state index in [0.717, 1.165) is 18.3 Å². The first-order valence-corrected chi connectivity index (χ1v) is 6.03. The maximum Gasteiger partial charge on any atom is 0.297 e. The summed E-state index contributed by atoms with van der Waals surface area (Å²) >= 11 is 5.70. The molecule has 1 unspecified atom stereocenters. The Morgan fingerprint density at radius 2 is 2.47 bits per heavy atom. The van der Waals surface area contributed by atoms with Gasteiger partial charge in [0.2, 0.25) is 0 Å². The number of rotatable bonds is 3. The molecule has 0 spiro atoms. The lowest BCUT2D eigenvalue weighted by Crippen LogP contribution is -2.33. The predicted octanol–water partition coefficient (Wildman–Crippen LogP) is 3.04. The van der Waals surface area contributed by atoms with Crippen LogP contribution in [0.15, 0.2) is 10.7 Å². The summed E-state index contributed by atoms with van der Waals surface area (Å²) < 4.78 is 5.45. The second-order valence-electron chi connectivity index (χ2n) is 4.40. The van der Waals surface area contributed by atoms with E-state index in [1.54, 1.807) is 6.26 Å². The quantitative estimate of drug-likeness (QED) is 0.745. The van der Waals surface area contributed by atoms with Crippen molar-refractivity contribution in [1.29, 1.82) is 0 Å². The molecule has 0 radical (unpaired) electrons. The monoisotopic (exact) mass is 228 g/mol. The minimum absolute atomic E-state index is 0.420. The van der Waals surface area contributed by atoms with Crippen LogP contribution < -0.4 is 4.90 Å². The van der Waals surface area contributed by atoms with Gasteiger partial charge >= 0.3 is 0 Å². The Morgan fingerprint density at radius 3 is 3.07 bits per heavy atom. The highest BCUT2D eigenvalue weighted by Gasteiger charge is 2.30. The van der Waals surface area contributed by atoms with Gasteiger partial charge < -0.3 is 9.32 Å². The summed E-state index contributed by atoms with van der Waals surface area (Å²) in [7, 11) is 0. The SMILES string of the molecule is CC(C)C1CCCN1c1nc(CCl)co1. The van der Waals surface area contributed by atoms with Crippen molar-refractivity contribution in [2.75, 3.05) is 11.4 Å². The molecule has 3 nitrogen and oxygen atoms in total. The van der Waals surface area contributed by atoms with Gasteiger partial charge in [-0.25, -0.2) is 0 Å². The van der Waals surface area contributed by atoms with Crippen LogP contribution in [0.25, 0.3) is 0 Å². The fourth-order valence-electron chi connectivity index (χ4n) is 2.21. The fourth-order valence-corrected chi connectivity index (χ4v) is 2.34. The number of hydrogen-bond acceptors (Lipinski definition) is 3. The first-order valence-electron chi connectivity index (χ1n) is 5.49. The summed E-state index contributed by atoms with van der Waals surface area (Å²) in [6, 6.07) is 1.30. The van der Waals surface area contributed by atoms with Crippen LogP contribution in [-0.4, -0.2) is 17.6 Å². The third kappa shape index (κ3) is 2.12. The zero-order chi connectivity index (χ0) is 10.8. The second kappa shape index (κ2) is 4.44. The number of hydrogen-bond donors (Lipinski definition) is 0. The number of alkyl halides is 1. The van der Waals surface area contributed by atoms with Crippen molar-refractivity contribution in [3.63, 3.8) is 0 Å². The number of anilines is 1. The Balaban J connectivity index is 2.15. The Bertz CT molecular complexity index is 324. The highest BCUT2D eigenvalue weighted by atomic mass is 35.5. The van der Waals surface area contributed by atoms with E-state index in [1.807, 2.05) is 0 Å². The van der Waals surface area contributed by atoms with E-state index in [0.29, 0.717) is 17.8 Å². The maximum absolute atomic E-state index is 5.70. The fraction of sp³-hybridized carbons (Fsp3) is 0.727. The topological polar surface area (TPSA) is 29.3 Å². The third-order valence-electron chi connectivity index (χ3n) is 2.99. The Hall–Kier alpha value is -0.700. The average Bonchev–Trinajstić information content (AvgIpc) is 2.85. The van der Waals surface area contributed by atoms with Crippen LogP contribution in [0.4, 0.5) is 6.01 Å². The van der Waals surface area contributed by atoms with E-state index < -0.39 is 0 Å². The summed E-state index contributed by atoms with van der Waals surface area (Å²) in [6.07, 6.45) is 4.11. The maximum atomic E-state index is 5.70. The van der Waals surface area contributed by atoms with Gasteiger partial charge in [-0.05, 0) is 18.8 Å². The van der Waals surface area contributed by atoms with Crippen molar-refractivity contribution in [2.45, 2.75) is 38.6 Å². The highest BCUT2D eigenvalue weighted by Crippen LogP contribution is 2.29. The summed E-state index contributed by atoms with van der Waals surface area (Å²) in [5.41, 5.74) is 0.820. The molecule has 1 aromatic rings. The van der Waals surface area contributed by atoms with Crippen LogP contribution >= 0.6 is 11.6 Å². The van der Waals surface area contributed by atoms with Crippen LogP contribution in [-0.2, 0) is 5.88 Å². The van der Waals surface area contributed by atoms with Crippen molar-refractivity contribution in [3.05, 3.63) is 12.0 Å². The van der Waals surface area contributed by atoms with E-state index in [2.05, 4.69) is 23.7 Å². The summed E-state index contributed by atoms with van der Waals surface area (Å²) in [5.74, 6) is 1.06. The van der Waals surface area contributed by atoms with Gasteiger partial charge in [0, 0.05) is 12.6 Å². The number of nitrogens with zero attached hydrogens (tertiary/aromatic N) is 2. The van der Waals surface area contributed by atoms with Gasteiger partial charge in [-0.2, -0.15) is 4.98 Å². The van der Waals surface area contributed by atoms with Crippen molar-refractivity contribution in [3.8, 4) is 0 Å². The van der Waals surface area contributed by atoms with Gasteiger partial charge in [-0.15, -0.1) is 11.6 Å². The Morgan fingerprint density at radius 1 is 1.67 bits per heavy atom. The molecule has 1 saturated heterocycles.